The van der Waals surface area contributed by atoms with Gasteiger partial charge in [0.1, 0.15) is 5.82 Å². The highest BCUT2D eigenvalue weighted by atomic mass is 35.5. The Morgan fingerprint density at radius 2 is 2.00 bits per heavy atom. The third-order valence-electron chi connectivity index (χ3n) is 2.46. The molecule has 0 atom stereocenters. The van der Waals surface area contributed by atoms with Gasteiger partial charge in [-0.25, -0.2) is 4.98 Å². The van der Waals surface area contributed by atoms with Crippen LogP contribution in [0.4, 0.5) is 0 Å². The van der Waals surface area contributed by atoms with E-state index in [0.717, 1.165) is 24.4 Å². The number of hydrogen-bond acceptors (Lipinski definition) is 2. The molecule has 0 saturated heterocycles. The monoisotopic (exact) mass is 269 g/mol. The van der Waals surface area contributed by atoms with Crippen molar-refractivity contribution in [2.45, 2.75) is 13.0 Å². The first kappa shape index (κ1) is 12.4. The second-order valence-corrected chi connectivity index (χ2v) is 4.48. The summed E-state index contributed by atoms with van der Waals surface area (Å²) in [4.78, 5) is 7.20. The molecule has 1 aromatic carbocycles. The van der Waals surface area contributed by atoms with Crippen LogP contribution in [0.1, 0.15) is 11.4 Å². The maximum atomic E-state index is 6.07. The van der Waals surface area contributed by atoms with Gasteiger partial charge < -0.3 is 10.3 Å². The largest absolute Gasteiger partial charge is 0.349 e. The topological polar surface area (TPSA) is 40.7 Å². The summed E-state index contributed by atoms with van der Waals surface area (Å²) in [5.74, 6) is 0.975. The van der Waals surface area contributed by atoms with Crippen molar-refractivity contribution in [3.63, 3.8) is 0 Å². The standard InChI is InChI=1S/C12H13Cl2N3/c13-10-2-1-3-11(14)9(10)8-15-5-4-12-16-6-7-17-12/h1-3,6-7,15H,4-5,8H2,(H,16,17). The molecule has 1 heterocycles. The number of hydrogen-bond donors (Lipinski definition) is 2. The van der Waals surface area contributed by atoms with Crippen LogP contribution >= 0.6 is 23.2 Å². The molecule has 0 saturated carbocycles. The molecule has 0 unspecified atom stereocenters. The lowest BCUT2D eigenvalue weighted by molar-refractivity contribution is 0.674. The molecule has 0 radical (unpaired) electrons. The summed E-state index contributed by atoms with van der Waals surface area (Å²) < 4.78 is 0. The van der Waals surface area contributed by atoms with Crippen LogP contribution in [-0.2, 0) is 13.0 Å². The SMILES string of the molecule is Clc1cccc(Cl)c1CNCCc1ncc[nH]1. The molecule has 90 valence electrons. The molecule has 2 aromatic rings. The third kappa shape index (κ3) is 3.46. The zero-order valence-electron chi connectivity index (χ0n) is 9.21. The highest BCUT2D eigenvalue weighted by molar-refractivity contribution is 6.35. The van der Waals surface area contributed by atoms with Crippen molar-refractivity contribution in [1.82, 2.24) is 15.3 Å². The average molecular weight is 270 g/mol. The van der Waals surface area contributed by atoms with Gasteiger partial charge in [-0.05, 0) is 12.1 Å². The van der Waals surface area contributed by atoms with E-state index in [0.29, 0.717) is 16.6 Å². The number of H-pyrrole nitrogens is 1. The molecular formula is C12H13Cl2N3. The van der Waals surface area contributed by atoms with Crippen LogP contribution in [0.5, 0.6) is 0 Å². The first-order valence-electron chi connectivity index (χ1n) is 5.39. The molecule has 1 aromatic heterocycles. The molecule has 0 aliphatic carbocycles. The predicted octanol–water partition coefficient (Wildman–Crippen LogP) is 3.05. The normalized spacial score (nSPS) is 10.7. The first-order chi connectivity index (χ1) is 8.27. The minimum atomic E-state index is 0.666. The van der Waals surface area contributed by atoms with Crippen molar-refractivity contribution in [2.24, 2.45) is 0 Å². The van der Waals surface area contributed by atoms with Gasteiger partial charge >= 0.3 is 0 Å². The molecule has 5 heteroatoms. The first-order valence-corrected chi connectivity index (χ1v) is 6.15. The van der Waals surface area contributed by atoms with E-state index in [9.17, 15) is 0 Å². The van der Waals surface area contributed by atoms with Gasteiger partial charge in [-0.3, -0.25) is 0 Å². The van der Waals surface area contributed by atoms with E-state index >= 15 is 0 Å². The summed E-state index contributed by atoms with van der Waals surface area (Å²) >= 11 is 12.1. The number of rotatable bonds is 5. The molecule has 17 heavy (non-hydrogen) atoms. The second-order valence-electron chi connectivity index (χ2n) is 3.66. The van der Waals surface area contributed by atoms with Crippen molar-refractivity contribution in [3.8, 4) is 0 Å². The molecular weight excluding hydrogens is 257 g/mol. The minimum Gasteiger partial charge on any atom is -0.349 e. The smallest absolute Gasteiger partial charge is 0.107 e. The second kappa shape index (κ2) is 6.05. The Hall–Kier alpha value is -1.03. The lowest BCUT2D eigenvalue weighted by Crippen LogP contribution is -2.17. The zero-order chi connectivity index (χ0) is 12.1. The number of benzene rings is 1. The molecule has 0 bridgehead atoms. The summed E-state index contributed by atoms with van der Waals surface area (Å²) in [5, 5.41) is 4.69. The Morgan fingerprint density at radius 1 is 1.24 bits per heavy atom. The Bertz CT molecular complexity index is 448. The lowest BCUT2D eigenvalue weighted by atomic mass is 10.2. The number of imidazole rings is 1. The van der Waals surface area contributed by atoms with Crippen LogP contribution in [0, 0.1) is 0 Å². The maximum absolute atomic E-state index is 6.07. The molecule has 0 amide bonds. The van der Waals surface area contributed by atoms with E-state index in [-0.39, 0.29) is 0 Å². The van der Waals surface area contributed by atoms with Crippen LogP contribution in [0.15, 0.2) is 30.6 Å². The molecule has 0 aliphatic rings. The van der Waals surface area contributed by atoms with Gasteiger partial charge in [-0.15, -0.1) is 0 Å². The Kier molecular flexibility index (Phi) is 4.42. The van der Waals surface area contributed by atoms with Crippen LogP contribution in [0.2, 0.25) is 10.0 Å². The highest BCUT2D eigenvalue weighted by Crippen LogP contribution is 2.23. The summed E-state index contributed by atoms with van der Waals surface area (Å²) in [7, 11) is 0. The Balaban J connectivity index is 1.82. The van der Waals surface area contributed by atoms with Crippen LogP contribution in [0.3, 0.4) is 0 Å². The molecule has 0 fully saturated rings. The highest BCUT2D eigenvalue weighted by Gasteiger charge is 2.04. The summed E-state index contributed by atoms with van der Waals surface area (Å²) in [6, 6.07) is 5.53. The number of halogens is 2. The molecule has 2 rings (SSSR count). The molecule has 0 aliphatic heterocycles. The van der Waals surface area contributed by atoms with Crippen LogP contribution in [-0.4, -0.2) is 16.5 Å². The van der Waals surface area contributed by atoms with Crippen molar-refractivity contribution in [3.05, 3.63) is 52.0 Å². The van der Waals surface area contributed by atoms with E-state index in [1.54, 1.807) is 6.20 Å². The van der Waals surface area contributed by atoms with E-state index < -0.39 is 0 Å². The van der Waals surface area contributed by atoms with E-state index in [1.807, 2.05) is 24.4 Å². The van der Waals surface area contributed by atoms with Gasteiger partial charge in [-0.2, -0.15) is 0 Å². The number of aromatic nitrogens is 2. The average Bonchev–Trinajstić information content (AvgIpc) is 2.80. The number of nitrogens with zero attached hydrogens (tertiary/aromatic N) is 1. The fraction of sp³-hybridized carbons (Fsp3) is 0.250. The number of aromatic amines is 1. The van der Waals surface area contributed by atoms with Gasteiger partial charge in [0, 0.05) is 47.5 Å². The van der Waals surface area contributed by atoms with Gasteiger partial charge in [0.15, 0.2) is 0 Å². The molecule has 2 N–H and O–H groups in total. The maximum Gasteiger partial charge on any atom is 0.107 e. The fourth-order valence-electron chi connectivity index (χ4n) is 1.56. The van der Waals surface area contributed by atoms with Gasteiger partial charge in [0.2, 0.25) is 0 Å². The lowest BCUT2D eigenvalue weighted by Gasteiger charge is -2.07. The van der Waals surface area contributed by atoms with E-state index in [1.165, 1.54) is 0 Å². The van der Waals surface area contributed by atoms with Crippen molar-refractivity contribution < 1.29 is 0 Å². The van der Waals surface area contributed by atoms with Gasteiger partial charge in [0.25, 0.3) is 0 Å². The molecule has 3 nitrogen and oxygen atoms in total. The fourth-order valence-corrected chi connectivity index (χ4v) is 2.09. The summed E-state index contributed by atoms with van der Waals surface area (Å²) in [6.07, 6.45) is 4.43. The van der Waals surface area contributed by atoms with Crippen molar-refractivity contribution in [2.75, 3.05) is 6.54 Å². The zero-order valence-corrected chi connectivity index (χ0v) is 10.7. The van der Waals surface area contributed by atoms with E-state index in [2.05, 4.69) is 15.3 Å². The molecule has 0 spiro atoms. The van der Waals surface area contributed by atoms with Crippen LogP contribution < -0.4 is 5.32 Å². The summed E-state index contributed by atoms with van der Waals surface area (Å²) in [6.45, 7) is 1.49. The van der Waals surface area contributed by atoms with Gasteiger partial charge in [0.05, 0.1) is 0 Å². The quantitative estimate of drug-likeness (QED) is 0.820. The summed E-state index contributed by atoms with van der Waals surface area (Å²) in [5.41, 5.74) is 0.940. The predicted molar refractivity (Wildman–Crippen MR) is 70.5 cm³/mol. The van der Waals surface area contributed by atoms with Gasteiger partial charge in [-0.1, -0.05) is 29.3 Å². The van der Waals surface area contributed by atoms with Crippen LogP contribution in [0.25, 0.3) is 0 Å². The third-order valence-corrected chi connectivity index (χ3v) is 3.17. The Labute approximate surface area is 110 Å². The minimum absolute atomic E-state index is 0.666. The number of nitrogens with one attached hydrogen (secondary N) is 2. The Morgan fingerprint density at radius 3 is 2.65 bits per heavy atom. The van der Waals surface area contributed by atoms with Crippen molar-refractivity contribution >= 4 is 23.2 Å². The van der Waals surface area contributed by atoms with Crippen molar-refractivity contribution in [1.29, 1.82) is 0 Å². The van der Waals surface area contributed by atoms with E-state index in [4.69, 9.17) is 23.2 Å².